The molecular weight excluding hydrogens is 304 g/mol. The van der Waals surface area contributed by atoms with Gasteiger partial charge in [0.1, 0.15) is 5.54 Å². The molecule has 3 heterocycles. The van der Waals surface area contributed by atoms with E-state index in [1.165, 1.54) is 4.90 Å². The van der Waals surface area contributed by atoms with Gasteiger partial charge in [-0.05, 0) is 58.7 Å². The first-order chi connectivity index (χ1) is 11.4. The molecule has 0 spiro atoms. The van der Waals surface area contributed by atoms with Gasteiger partial charge in [-0.15, -0.1) is 0 Å². The number of carbonyl (C=O) groups excluding carboxylic acids is 2. The van der Waals surface area contributed by atoms with E-state index in [2.05, 4.69) is 27.3 Å². The highest BCUT2D eigenvalue weighted by molar-refractivity contribution is 6.06. The number of nitrogens with one attached hydrogen (secondary N) is 1. The fourth-order valence-corrected chi connectivity index (χ4v) is 3.63. The van der Waals surface area contributed by atoms with Gasteiger partial charge < -0.3 is 5.32 Å². The van der Waals surface area contributed by atoms with Crippen molar-refractivity contribution in [1.29, 1.82) is 0 Å². The predicted octanol–water partition coefficient (Wildman–Crippen LogP) is 2.25. The summed E-state index contributed by atoms with van der Waals surface area (Å²) in [7, 11) is 0. The average molecular weight is 330 g/mol. The first-order valence-corrected chi connectivity index (χ1v) is 8.70. The largest absolute Gasteiger partial charge is 0.325 e. The fourth-order valence-electron chi connectivity index (χ4n) is 3.63. The van der Waals surface area contributed by atoms with Gasteiger partial charge in [-0.3, -0.25) is 19.6 Å². The molecule has 2 fully saturated rings. The second-order valence-corrected chi connectivity index (χ2v) is 7.26. The number of hydrogen-bond acceptors (Lipinski definition) is 4. The molecule has 1 atom stereocenters. The lowest BCUT2D eigenvalue weighted by Crippen LogP contribution is -2.40. The molecule has 2 saturated heterocycles. The molecule has 6 heteroatoms. The summed E-state index contributed by atoms with van der Waals surface area (Å²) in [5, 5.41) is 2.73. The maximum atomic E-state index is 12.2. The Morgan fingerprint density at radius 2 is 2.08 bits per heavy atom. The maximum Gasteiger partial charge on any atom is 0.325 e. The van der Waals surface area contributed by atoms with E-state index in [-0.39, 0.29) is 11.9 Å². The highest BCUT2D eigenvalue weighted by Crippen LogP contribution is 2.31. The Kier molecular flexibility index (Phi) is 4.58. The van der Waals surface area contributed by atoms with E-state index in [1.807, 2.05) is 13.0 Å². The van der Waals surface area contributed by atoms with Crippen LogP contribution in [-0.2, 0) is 4.79 Å². The number of pyridine rings is 1. The molecular formula is C18H26N4O2. The minimum atomic E-state index is -0.779. The SMILES string of the molecule is Cc1cccc([C@H]2CCCN2CCCN2C(=O)NC(C)(C)C2=O)n1. The van der Waals surface area contributed by atoms with E-state index in [4.69, 9.17) is 0 Å². The van der Waals surface area contributed by atoms with Crippen LogP contribution < -0.4 is 5.32 Å². The third-order valence-corrected chi connectivity index (χ3v) is 4.89. The fraction of sp³-hybridized carbons (Fsp3) is 0.611. The quantitative estimate of drug-likeness (QED) is 0.841. The van der Waals surface area contributed by atoms with Crippen molar-refractivity contribution in [3.8, 4) is 0 Å². The van der Waals surface area contributed by atoms with Crippen molar-refractivity contribution in [2.45, 2.75) is 51.6 Å². The Morgan fingerprint density at radius 1 is 1.29 bits per heavy atom. The zero-order valence-electron chi connectivity index (χ0n) is 14.7. The summed E-state index contributed by atoms with van der Waals surface area (Å²) in [6.07, 6.45) is 3.07. The normalized spacial score (nSPS) is 23.8. The van der Waals surface area contributed by atoms with Gasteiger partial charge >= 0.3 is 6.03 Å². The summed E-state index contributed by atoms with van der Waals surface area (Å²) in [6.45, 7) is 7.89. The lowest BCUT2D eigenvalue weighted by Gasteiger charge is -2.25. The maximum absolute atomic E-state index is 12.2. The molecule has 0 aliphatic carbocycles. The number of carbonyl (C=O) groups is 2. The van der Waals surface area contributed by atoms with Crippen LogP contribution >= 0.6 is 0 Å². The Labute approximate surface area is 143 Å². The highest BCUT2D eigenvalue weighted by Gasteiger charge is 2.43. The smallest absolute Gasteiger partial charge is 0.324 e. The number of likely N-dealkylation sites (tertiary alicyclic amines) is 1. The predicted molar refractivity (Wildman–Crippen MR) is 91.5 cm³/mol. The molecule has 1 N–H and O–H groups in total. The number of imide groups is 1. The minimum Gasteiger partial charge on any atom is -0.324 e. The van der Waals surface area contributed by atoms with Crippen LogP contribution in [0.2, 0.25) is 0 Å². The molecule has 3 rings (SSSR count). The number of hydrogen-bond donors (Lipinski definition) is 1. The summed E-state index contributed by atoms with van der Waals surface area (Å²) < 4.78 is 0. The molecule has 1 aromatic rings. The number of rotatable bonds is 5. The first kappa shape index (κ1) is 16.9. The molecule has 0 bridgehead atoms. The number of aryl methyl sites for hydroxylation is 1. The van der Waals surface area contributed by atoms with Crippen LogP contribution in [0.3, 0.4) is 0 Å². The highest BCUT2D eigenvalue weighted by atomic mass is 16.2. The molecule has 3 amide bonds. The molecule has 6 nitrogen and oxygen atoms in total. The van der Waals surface area contributed by atoms with Gasteiger partial charge in [0.2, 0.25) is 0 Å². The van der Waals surface area contributed by atoms with E-state index in [1.54, 1.807) is 13.8 Å². The summed E-state index contributed by atoms with van der Waals surface area (Å²) in [5.74, 6) is -0.133. The van der Waals surface area contributed by atoms with Crippen molar-refractivity contribution in [2.24, 2.45) is 0 Å². The number of amides is 3. The van der Waals surface area contributed by atoms with Gasteiger partial charge in [0, 0.05) is 18.8 Å². The summed E-state index contributed by atoms with van der Waals surface area (Å²) in [6, 6.07) is 6.24. The van der Waals surface area contributed by atoms with E-state index in [0.29, 0.717) is 12.6 Å². The lowest BCUT2D eigenvalue weighted by molar-refractivity contribution is -0.130. The summed E-state index contributed by atoms with van der Waals surface area (Å²) in [5.41, 5.74) is 1.39. The average Bonchev–Trinajstić information content (AvgIpc) is 3.05. The van der Waals surface area contributed by atoms with E-state index < -0.39 is 5.54 Å². The molecule has 0 radical (unpaired) electrons. The van der Waals surface area contributed by atoms with Crippen molar-refractivity contribution in [2.75, 3.05) is 19.6 Å². The van der Waals surface area contributed by atoms with Crippen molar-refractivity contribution < 1.29 is 9.59 Å². The molecule has 1 aromatic heterocycles. The molecule has 2 aliphatic rings. The van der Waals surface area contributed by atoms with Crippen LogP contribution in [0.15, 0.2) is 18.2 Å². The molecule has 130 valence electrons. The Morgan fingerprint density at radius 3 is 2.75 bits per heavy atom. The second-order valence-electron chi connectivity index (χ2n) is 7.26. The number of urea groups is 1. The molecule has 2 aliphatic heterocycles. The summed E-state index contributed by atoms with van der Waals surface area (Å²) in [4.78, 5) is 32.6. The third kappa shape index (κ3) is 3.29. The molecule has 0 aromatic carbocycles. The topological polar surface area (TPSA) is 65.5 Å². The Bertz CT molecular complexity index is 644. The zero-order chi connectivity index (χ0) is 17.3. The van der Waals surface area contributed by atoms with Gasteiger partial charge in [-0.2, -0.15) is 0 Å². The van der Waals surface area contributed by atoms with Crippen LogP contribution in [0, 0.1) is 6.92 Å². The number of nitrogens with zero attached hydrogens (tertiary/aromatic N) is 3. The lowest BCUT2D eigenvalue weighted by atomic mass is 10.1. The van der Waals surface area contributed by atoms with Crippen molar-refractivity contribution >= 4 is 11.9 Å². The van der Waals surface area contributed by atoms with Gasteiger partial charge in [0.15, 0.2) is 0 Å². The second kappa shape index (κ2) is 6.51. The van der Waals surface area contributed by atoms with Gasteiger partial charge in [0.25, 0.3) is 5.91 Å². The van der Waals surface area contributed by atoms with Crippen molar-refractivity contribution in [3.05, 3.63) is 29.6 Å². The van der Waals surface area contributed by atoms with Gasteiger partial charge in [-0.1, -0.05) is 6.07 Å². The zero-order valence-corrected chi connectivity index (χ0v) is 14.7. The van der Waals surface area contributed by atoms with Crippen LogP contribution in [-0.4, -0.2) is 51.9 Å². The summed E-state index contributed by atoms with van der Waals surface area (Å²) >= 11 is 0. The van der Waals surface area contributed by atoms with Crippen molar-refractivity contribution in [1.82, 2.24) is 20.1 Å². The number of aromatic nitrogens is 1. The molecule has 24 heavy (non-hydrogen) atoms. The van der Waals surface area contributed by atoms with E-state index in [9.17, 15) is 9.59 Å². The van der Waals surface area contributed by atoms with E-state index in [0.717, 1.165) is 43.7 Å². The van der Waals surface area contributed by atoms with Crippen LogP contribution in [0.1, 0.15) is 50.5 Å². The monoisotopic (exact) mass is 330 g/mol. The van der Waals surface area contributed by atoms with Crippen molar-refractivity contribution in [3.63, 3.8) is 0 Å². The third-order valence-electron chi connectivity index (χ3n) is 4.89. The standard InChI is InChI=1S/C18H26N4O2/c1-13-7-4-8-14(19-13)15-9-5-10-21(15)11-6-12-22-16(23)18(2,3)20-17(22)24/h4,7-8,15H,5-6,9-12H2,1-3H3,(H,20,24)/t15-/m1/s1. The van der Waals surface area contributed by atoms with E-state index >= 15 is 0 Å². The Hall–Kier alpha value is -1.95. The molecule has 0 unspecified atom stereocenters. The molecule has 0 saturated carbocycles. The first-order valence-electron chi connectivity index (χ1n) is 8.70. The van der Waals surface area contributed by atoms with Gasteiger partial charge in [-0.25, -0.2) is 4.79 Å². The minimum absolute atomic E-state index is 0.133. The van der Waals surface area contributed by atoms with Crippen LogP contribution in [0.5, 0.6) is 0 Å². The Balaban J connectivity index is 1.57. The van der Waals surface area contributed by atoms with Gasteiger partial charge in [0.05, 0.1) is 11.7 Å². The van der Waals surface area contributed by atoms with Crippen LogP contribution in [0.25, 0.3) is 0 Å². The van der Waals surface area contributed by atoms with Crippen LogP contribution in [0.4, 0.5) is 4.79 Å².